The summed E-state index contributed by atoms with van der Waals surface area (Å²) in [5.41, 5.74) is 2.49. The minimum absolute atomic E-state index is 0.238. The van der Waals surface area contributed by atoms with Crippen molar-refractivity contribution in [1.29, 1.82) is 0 Å². The van der Waals surface area contributed by atoms with Crippen LogP contribution in [0.1, 0.15) is 5.56 Å². The van der Waals surface area contributed by atoms with Crippen LogP contribution in [0.25, 0.3) is 27.9 Å². The van der Waals surface area contributed by atoms with E-state index in [4.69, 9.17) is 9.47 Å². The van der Waals surface area contributed by atoms with E-state index >= 15 is 0 Å². The molecule has 2 aromatic heterocycles. The molecule has 160 valence electrons. The second-order valence-corrected chi connectivity index (χ2v) is 7.32. The number of halogens is 1. The Kier molecular flexibility index (Phi) is 4.82. The lowest BCUT2D eigenvalue weighted by Gasteiger charge is -2.13. The van der Waals surface area contributed by atoms with Gasteiger partial charge in [-0.3, -0.25) is 4.57 Å². The number of aromatic nitrogens is 4. The fourth-order valence-corrected chi connectivity index (χ4v) is 3.81. The molecule has 0 unspecified atom stereocenters. The second-order valence-electron chi connectivity index (χ2n) is 7.32. The normalized spacial score (nSPS) is 11.2. The third-order valence-electron chi connectivity index (χ3n) is 5.41. The van der Waals surface area contributed by atoms with Crippen LogP contribution in [0, 0.1) is 5.82 Å². The molecule has 0 radical (unpaired) electrons. The summed E-state index contributed by atoms with van der Waals surface area (Å²) in [7, 11) is 3.11. The van der Waals surface area contributed by atoms with Crippen LogP contribution in [-0.2, 0) is 6.54 Å². The van der Waals surface area contributed by atoms with Gasteiger partial charge in [-0.1, -0.05) is 30.3 Å². The highest BCUT2D eigenvalue weighted by atomic mass is 19.1. The lowest BCUT2D eigenvalue weighted by Crippen LogP contribution is -2.29. The van der Waals surface area contributed by atoms with E-state index in [9.17, 15) is 9.18 Å². The SMILES string of the molecule is COc1cc2c(cc1OC)n(Cc1ccc(F)cc1)c(=O)n1nc(-c3ccccc3)[nH+]c21. The number of H-pyrrole nitrogens is 1. The molecular formula is C24H20FN4O3+. The van der Waals surface area contributed by atoms with Crippen LogP contribution in [-0.4, -0.2) is 28.4 Å². The van der Waals surface area contributed by atoms with Gasteiger partial charge < -0.3 is 9.47 Å². The van der Waals surface area contributed by atoms with E-state index in [0.29, 0.717) is 28.5 Å². The number of nitrogens with zero attached hydrogens (tertiary/aromatic N) is 3. The van der Waals surface area contributed by atoms with E-state index in [-0.39, 0.29) is 18.1 Å². The molecule has 7 nitrogen and oxygen atoms in total. The first kappa shape index (κ1) is 19.7. The smallest absolute Gasteiger partial charge is 0.423 e. The molecule has 0 saturated carbocycles. The highest BCUT2D eigenvalue weighted by Crippen LogP contribution is 2.33. The number of ether oxygens (including phenoxy) is 2. The first-order valence-electron chi connectivity index (χ1n) is 9.99. The molecule has 3 aromatic carbocycles. The maximum atomic E-state index is 13.5. The molecule has 0 amide bonds. The van der Waals surface area contributed by atoms with Gasteiger partial charge in [-0.25, -0.2) is 14.2 Å². The highest BCUT2D eigenvalue weighted by Gasteiger charge is 2.24. The van der Waals surface area contributed by atoms with Gasteiger partial charge in [0.1, 0.15) is 5.82 Å². The molecule has 5 rings (SSSR count). The van der Waals surface area contributed by atoms with Crippen molar-refractivity contribution in [3.63, 3.8) is 0 Å². The zero-order chi connectivity index (χ0) is 22.2. The predicted molar refractivity (Wildman–Crippen MR) is 118 cm³/mol. The zero-order valence-corrected chi connectivity index (χ0v) is 17.5. The number of nitrogens with one attached hydrogen (secondary N) is 1. The summed E-state index contributed by atoms with van der Waals surface area (Å²) in [6.07, 6.45) is 0. The van der Waals surface area contributed by atoms with Gasteiger partial charge in [-0.05, 0) is 34.3 Å². The minimum atomic E-state index is -0.331. The molecule has 0 aliphatic rings. The third-order valence-corrected chi connectivity index (χ3v) is 5.41. The minimum Gasteiger partial charge on any atom is -0.493 e. The van der Waals surface area contributed by atoms with E-state index in [0.717, 1.165) is 16.5 Å². The molecule has 0 atom stereocenters. The molecule has 8 heteroatoms. The standard InChI is InChI=1S/C24H19FN4O3/c1-31-20-12-18-19(13-21(20)32-2)28(14-15-8-10-17(25)11-9-15)24(30)29-23(18)26-22(27-29)16-6-4-3-5-7-16/h3-13H,14H2,1-2H3/p+1. The number of benzene rings is 3. The van der Waals surface area contributed by atoms with Gasteiger partial charge in [0.05, 0.1) is 42.3 Å². The van der Waals surface area contributed by atoms with Crippen molar-refractivity contribution in [2.75, 3.05) is 14.2 Å². The average molecular weight is 431 g/mol. The van der Waals surface area contributed by atoms with Gasteiger partial charge in [0.25, 0.3) is 5.65 Å². The van der Waals surface area contributed by atoms with Crippen molar-refractivity contribution >= 4 is 16.6 Å². The topological polar surface area (TPSA) is 71.9 Å². The molecule has 5 aromatic rings. The maximum absolute atomic E-state index is 13.5. The van der Waals surface area contributed by atoms with Gasteiger partial charge in [0, 0.05) is 12.1 Å². The molecule has 2 heterocycles. The Labute approximate surface area is 182 Å². The van der Waals surface area contributed by atoms with E-state index < -0.39 is 0 Å². The Morgan fingerprint density at radius 3 is 2.34 bits per heavy atom. The largest absolute Gasteiger partial charge is 0.493 e. The number of hydrogen-bond acceptors (Lipinski definition) is 4. The molecule has 32 heavy (non-hydrogen) atoms. The van der Waals surface area contributed by atoms with Crippen molar-refractivity contribution in [3.05, 3.63) is 88.6 Å². The maximum Gasteiger partial charge on any atom is 0.423 e. The fraction of sp³-hybridized carbons (Fsp3) is 0.125. The van der Waals surface area contributed by atoms with Crippen LogP contribution in [0.3, 0.4) is 0 Å². The molecule has 0 spiro atoms. The van der Waals surface area contributed by atoms with Crippen LogP contribution in [0.15, 0.2) is 71.5 Å². The van der Waals surface area contributed by atoms with Crippen molar-refractivity contribution in [2.45, 2.75) is 6.54 Å². The summed E-state index contributed by atoms with van der Waals surface area (Å²) < 4.78 is 27.3. The molecule has 0 saturated heterocycles. The Morgan fingerprint density at radius 1 is 0.969 bits per heavy atom. The van der Waals surface area contributed by atoms with E-state index in [2.05, 4.69) is 10.1 Å². The average Bonchev–Trinajstić information content (AvgIpc) is 3.28. The summed E-state index contributed by atoms with van der Waals surface area (Å²) >= 11 is 0. The number of fused-ring (bicyclic) bond motifs is 3. The number of hydrogen-bond donors (Lipinski definition) is 0. The fourth-order valence-electron chi connectivity index (χ4n) is 3.81. The lowest BCUT2D eigenvalue weighted by molar-refractivity contribution is -0.331. The van der Waals surface area contributed by atoms with E-state index in [1.165, 1.54) is 16.6 Å². The third kappa shape index (κ3) is 3.26. The quantitative estimate of drug-likeness (QED) is 0.428. The molecule has 0 aliphatic carbocycles. The predicted octanol–water partition coefficient (Wildman–Crippen LogP) is 3.33. The van der Waals surface area contributed by atoms with Gasteiger partial charge in [0.2, 0.25) is 0 Å². The first-order chi connectivity index (χ1) is 15.6. The molecule has 0 bridgehead atoms. The van der Waals surface area contributed by atoms with E-state index in [1.807, 2.05) is 36.4 Å². The molecular weight excluding hydrogens is 411 g/mol. The van der Waals surface area contributed by atoms with Crippen molar-refractivity contribution in [2.24, 2.45) is 0 Å². The first-order valence-corrected chi connectivity index (χ1v) is 9.99. The number of aromatic amines is 1. The van der Waals surface area contributed by atoms with Gasteiger partial charge >= 0.3 is 11.5 Å². The summed E-state index contributed by atoms with van der Waals surface area (Å²) in [5, 5.41) is 5.28. The van der Waals surface area contributed by atoms with Gasteiger partial charge in [-0.2, -0.15) is 0 Å². The lowest BCUT2D eigenvalue weighted by atomic mass is 10.1. The van der Waals surface area contributed by atoms with E-state index in [1.54, 1.807) is 37.0 Å². The van der Waals surface area contributed by atoms with Gasteiger partial charge in [-0.15, -0.1) is 0 Å². The summed E-state index contributed by atoms with van der Waals surface area (Å²) in [4.78, 5) is 16.8. The number of rotatable bonds is 5. The van der Waals surface area contributed by atoms with Crippen LogP contribution < -0.4 is 20.1 Å². The Morgan fingerprint density at radius 2 is 1.66 bits per heavy atom. The monoisotopic (exact) mass is 431 g/mol. The van der Waals surface area contributed by atoms with Crippen molar-refractivity contribution in [3.8, 4) is 22.9 Å². The summed E-state index contributed by atoms with van der Waals surface area (Å²) in [6, 6.07) is 19.2. The van der Waals surface area contributed by atoms with Crippen LogP contribution in [0.5, 0.6) is 11.5 Å². The number of methoxy groups -OCH3 is 2. The highest BCUT2D eigenvalue weighted by molar-refractivity contribution is 5.92. The van der Waals surface area contributed by atoms with Crippen LogP contribution >= 0.6 is 0 Å². The molecule has 0 fully saturated rings. The zero-order valence-electron chi connectivity index (χ0n) is 17.5. The van der Waals surface area contributed by atoms with Gasteiger partial charge in [0.15, 0.2) is 11.5 Å². The van der Waals surface area contributed by atoms with Crippen LogP contribution in [0.2, 0.25) is 0 Å². The van der Waals surface area contributed by atoms with Crippen LogP contribution in [0.4, 0.5) is 4.39 Å². The Hall–Kier alpha value is -4.20. The second kappa shape index (κ2) is 7.81. The summed E-state index contributed by atoms with van der Waals surface area (Å²) in [6.45, 7) is 0.238. The summed E-state index contributed by atoms with van der Waals surface area (Å²) in [5.74, 6) is 1.27. The van der Waals surface area contributed by atoms with Crippen molar-refractivity contribution in [1.82, 2.24) is 14.2 Å². The molecule has 0 aliphatic heterocycles. The molecule has 1 N–H and O–H groups in total. The Bertz CT molecular complexity index is 1490. The van der Waals surface area contributed by atoms with Crippen molar-refractivity contribution < 1.29 is 18.8 Å². The Balaban J connectivity index is 1.82.